The molecule has 0 aliphatic carbocycles. The fraction of sp³-hybridized carbons (Fsp3) is 0.562. The first-order valence-corrected chi connectivity index (χ1v) is 7.40. The highest BCUT2D eigenvalue weighted by molar-refractivity contribution is 5.81. The van der Waals surface area contributed by atoms with Gasteiger partial charge < -0.3 is 9.84 Å². The van der Waals surface area contributed by atoms with Crippen molar-refractivity contribution in [2.24, 2.45) is 5.92 Å². The number of aromatic nitrogens is 1. The van der Waals surface area contributed by atoms with Crippen LogP contribution in [0.3, 0.4) is 0 Å². The van der Waals surface area contributed by atoms with Gasteiger partial charge in [-0.25, -0.2) is 9.59 Å². The van der Waals surface area contributed by atoms with Crippen LogP contribution in [0.25, 0.3) is 0 Å². The van der Waals surface area contributed by atoms with Crippen molar-refractivity contribution in [1.29, 1.82) is 0 Å². The Morgan fingerprint density at radius 1 is 1.41 bits per heavy atom. The number of likely N-dealkylation sites (tertiary alicyclic amines) is 1. The van der Waals surface area contributed by atoms with Crippen LogP contribution in [-0.4, -0.2) is 45.2 Å². The Kier molecular flexibility index (Phi) is 4.68. The summed E-state index contributed by atoms with van der Waals surface area (Å²) in [7, 11) is 0. The molecule has 2 rings (SSSR count). The summed E-state index contributed by atoms with van der Waals surface area (Å²) >= 11 is 0. The van der Waals surface area contributed by atoms with E-state index in [0.717, 1.165) is 5.69 Å². The van der Waals surface area contributed by atoms with Crippen molar-refractivity contribution in [1.82, 2.24) is 9.88 Å². The zero-order valence-corrected chi connectivity index (χ0v) is 13.2. The number of ether oxygens (including phenoxy) is 1. The summed E-state index contributed by atoms with van der Waals surface area (Å²) in [6.45, 7) is 5.69. The second-order valence-corrected chi connectivity index (χ2v) is 6.53. The molecule has 120 valence electrons. The minimum Gasteiger partial charge on any atom is -0.480 e. The minimum absolute atomic E-state index is 0.153. The minimum atomic E-state index is -0.996. The van der Waals surface area contributed by atoms with Gasteiger partial charge in [0.2, 0.25) is 0 Å². The first kappa shape index (κ1) is 16.3. The molecule has 6 nitrogen and oxygen atoms in total. The van der Waals surface area contributed by atoms with Gasteiger partial charge in [-0.05, 0) is 51.7 Å². The molecule has 0 radical (unpaired) electrons. The van der Waals surface area contributed by atoms with E-state index in [1.54, 1.807) is 27.0 Å². The van der Waals surface area contributed by atoms with Gasteiger partial charge in [-0.1, -0.05) is 6.07 Å². The molecule has 1 saturated heterocycles. The van der Waals surface area contributed by atoms with E-state index in [9.17, 15) is 14.7 Å². The zero-order chi connectivity index (χ0) is 16.3. The maximum atomic E-state index is 12.2. The van der Waals surface area contributed by atoms with Gasteiger partial charge >= 0.3 is 12.1 Å². The predicted molar refractivity (Wildman–Crippen MR) is 80.4 cm³/mol. The van der Waals surface area contributed by atoms with Crippen LogP contribution in [0, 0.1) is 5.92 Å². The standard InChI is InChI=1S/C16H22N2O4/c1-16(2,3)22-15(21)18-9-7-11(13(18)14(19)20)10-12-6-4-5-8-17-12/h4-6,8,11,13H,7,9-10H2,1-3H3,(H,19,20)/t11-,13+/m0/s1. The lowest BCUT2D eigenvalue weighted by Crippen LogP contribution is -2.45. The van der Waals surface area contributed by atoms with Crippen LogP contribution in [0.5, 0.6) is 0 Å². The molecular formula is C16H22N2O4. The van der Waals surface area contributed by atoms with E-state index in [-0.39, 0.29) is 5.92 Å². The van der Waals surface area contributed by atoms with Gasteiger partial charge in [0.25, 0.3) is 0 Å². The second kappa shape index (κ2) is 6.34. The Balaban J connectivity index is 2.11. The average molecular weight is 306 g/mol. The Bertz CT molecular complexity index is 539. The van der Waals surface area contributed by atoms with Gasteiger partial charge in [0, 0.05) is 18.4 Å². The lowest BCUT2D eigenvalue weighted by molar-refractivity contribution is -0.143. The molecule has 0 saturated carbocycles. The monoisotopic (exact) mass is 306 g/mol. The Morgan fingerprint density at radius 2 is 2.14 bits per heavy atom. The molecule has 1 aliphatic heterocycles. The fourth-order valence-electron chi connectivity index (χ4n) is 2.72. The molecule has 1 aromatic rings. The largest absolute Gasteiger partial charge is 0.480 e. The molecule has 0 aromatic carbocycles. The maximum Gasteiger partial charge on any atom is 0.411 e. The number of carboxylic acid groups (broad SMARTS) is 1. The van der Waals surface area contributed by atoms with Crippen LogP contribution in [0.15, 0.2) is 24.4 Å². The Labute approximate surface area is 130 Å². The van der Waals surface area contributed by atoms with Crippen LogP contribution >= 0.6 is 0 Å². The molecule has 1 amide bonds. The van der Waals surface area contributed by atoms with Crippen molar-refractivity contribution in [3.63, 3.8) is 0 Å². The number of rotatable bonds is 3. The van der Waals surface area contributed by atoms with Crippen LogP contribution < -0.4 is 0 Å². The predicted octanol–water partition coefficient (Wildman–Crippen LogP) is 2.33. The number of hydrogen-bond acceptors (Lipinski definition) is 4. The number of pyridine rings is 1. The lowest BCUT2D eigenvalue weighted by Gasteiger charge is -2.28. The van der Waals surface area contributed by atoms with Crippen LogP contribution in [-0.2, 0) is 16.0 Å². The highest BCUT2D eigenvalue weighted by Gasteiger charge is 2.43. The lowest BCUT2D eigenvalue weighted by atomic mass is 9.94. The maximum absolute atomic E-state index is 12.2. The summed E-state index contributed by atoms with van der Waals surface area (Å²) < 4.78 is 5.31. The zero-order valence-electron chi connectivity index (χ0n) is 13.2. The Hall–Kier alpha value is -2.11. The van der Waals surface area contributed by atoms with E-state index in [2.05, 4.69) is 4.98 Å². The topological polar surface area (TPSA) is 79.7 Å². The molecule has 6 heteroatoms. The van der Waals surface area contributed by atoms with Crippen LogP contribution in [0.4, 0.5) is 4.79 Å². The summed E-state index contributed by atoms with van der Waals surface area (Å²) in [4.78, 5) is 29.4. The molecule has 1 aliphatic rings. The van der Waals surface area contributed by atoms with Crippen molar-refractivity contribution < 1.29 is 19.4 Å². The molecule has 1 N–H and O–H groups in total. The molecule has 0 spiro atoms. The van der Waals surface area contributed by atoms with E-state index in [1.165, 1.54) is 4.90 Å². The number of nitrogens with zero attached hydrogens (tertiary/aromatic N) is 2. The molecule has 2 atom stereocenters. The van der Waals surface area contributed by atoms with E-state index < -0.39 is 23.7 Å². The highest BCUT2D eigenvalue weighted by Crippen LogP contribution is 2.29. The van der Waals surface area contributed by atoms with Gasteiger partial charge in [-0.15, -0.1) is 0 Å². The van der Waals surface area contributed by atoms with Gasteiger partial charge in [0.15, 0.2) is 0 Å². The SMILES string of the molecule is CC(C)(C)OC(=O)N1CC[C@@H](Cc2ccccn2)[C@@H]1C(=O)O. The molecular weight excluding hydrogens is 284 g/mol. The smallest absolute Gasteiger partial charge is 0.411 e. The van der Waals surface area contributed by atoms with Gasteiger partial charge in [0.05, 0.1) is 0 Å². The molecule has 1 fully saturated rings. The summed E-state index contributed by atoms with van der Waals surface area (Å²) in [6, 6.07) is 4.70. The number of hydrogen-bond donors (Lipinski definition) is 1. The first-order valence-electron chi connectivity index (χ1n) is 7.40. The van der Waals surface area contributed by atoms with E-state index in [1.807, 2.05) is 18.2 Å². The van der Waals surface area contributed by atoms with Gasteiger partial charge in [0.1, 0.15) is 11.6 Å². The van der Waals surface area contributed by atoms with E-state index >= 15 is 0 Å². The number of carbonyl (C=O) groups excluding carboxylic acids is 1. The third-order valence-corrected chi connectivity index (χ3v) is 3.60. The number of carbonyl (C=O) groups is 2. The van der Waals surface area contributed by atoms with Crippen LogP contribution in [0.2, 0.25) is 0 Å². The van der Waals surface area contributed by atoms with Crippen molar-refractivity contribution in [3.05, 3.63) is 30.1 Å². The normalized spacial score (nSPS) is 21.7. The Morgan fingerprint density at radius 3 is 2.68 bits per heavy atom. The molecule has 22 heavy (non-hydrogen) atoms. The molecule has 0 unspecified atom stereocenters. The van der Waals surface area contributed by atoms with Crippen molar-refractivity contribution in [2.75, 3.05) is 6.54 Å². The van der Waals surface area contributed by atoms with Crippen molar-refractivity contribution in [3.8, 4) is 0 Å². The number of amides is 1. The third kappa shape index (κ3) is 3.96. The molecule has 1 aromatic heterocycles. The summed E-state index contributed by atoms with van der Waals surface area (Å²) in [5.74, 6) is -1.15. The number of carboxylic acids is 1. The summed E-state index contributed by atoms with van der Waals surface area (Å²) in [5, 5.41) is 9.51. The average Bonchev–Trinajstić information content (AvgIpc) is 2.82. The van der Waals surface area contributed by atoms with Crippen molar-refractivity contribution in [2.45, 2.75) is 45.3 Å². The molecule has 2 heterocycles. The van der Waals surface area contributed by atoms with Gasteiger partial charge in [-0.3, -0.25) is 9.88 Å². The highest BCUT2D eigenvalue weighted by atomic mass is 16.6. The quantitative estimate of drug-likeness (QED) is 0.927. The van der Waals surface area contributed by atoms with Crippen LogP contribution in [0.1, 0.15) is 32.9 Å². The number of aliphatic carboxylic acids is 1. The summed E-state index contributed by atoms with van der Waals surface area (Å²) in [5.41, 5.74) is 0.198. The van der Waals surface area contributed by atoms with E-state index in [0.29, 0.717) is 19.4 Å². The first-order chi connectivity index (χ1) is 10.3. The third-order valence-electron chi connectivity index (χ3n) is 3.60. The van der Waals surface area contributed by atoms with Gasteiger partial charge in [-0.2, -0.15) is 0 Å². The summed E-state index contributed by atoms with van der Waals surface area (Å²) in [6.07, 6.45) is 2.29. The van der Waals surface area contributed by atoms with E-state index in [4.69, 9.17) is 4.74 Å². The second-order valence-electron chi connectivity index (χ2n) is 6.53. The van der Waals surface area contributed by atoms with Crippen molar-refractivity contribution >= 4 is 12.1 Å². The molecule has 0 bridgehead atoms. The fourth-order valence-corrected chi connectivity index (χ4v) is 2.72.